The zero-order valence-electron chi connectivity index (χ0n) is 12.8. The molecule has 20 heavy (non-hydrogen) atoms. The highest BCUT2D eigenvalue weighted by Gasteiger charge is 2.25. The van der Waals surface area contributed by atoms with E-state index < -0.39 is 0 Å². The van der Waals surface area contributed by atoms with Crippen LogP contribution in [0.1, 0.15) is 30.9 Å². The van der Waals surface area contributed by atoms with Crippen molar-refractivity contribution in [1.29, 1.82) is 0 Å². The molecule has 1 atom stereocenters. The number of anilines is 1. The van der Waals surface area contributed by atoms with Crippen molar-refractivity contribution in [1.82, 2.24) is 19.8 Å². The van der Waals surface area contributed by atoms with E-state index in [1.165, 1.54) is 6.42 Å². The number of hydrogen-bond acceptors (Lipinski definition) is 5. The first-order valence-electron chi connectivity index (χ1n) is 7.19. The van der Waals surface area contributed by atoms with Crippen molar-refractivity contribution in [3.05, 3.63) is 15.1 Å². The highest BCUT2D eigenvalue weighted by atomic mass is 127. The molecule has 6 heteroatoms. The van der Waals surface area contributed by atoms with Crippen LogP contribution < -0.4 is 5.32 Å². The molecule has 0 bridgehead atoms. The summed E-state index contributed by atoms with van der Waals surface area (Å²) in [5, 5.41) is 3.35. The van der Waals surface area contributed by atoms with Gasteiger partial charge < -0.3 is 10.2 Å². The normalized spacial score (nSPS) is 21.8. The first-order valence-corrected chi connectivity index (χ1v) is 8.27. The Morgan fingerprint density at radius 3 is 2.75 bits per heavy atom. The standard InChI is InChI=1S/C14H24IN5/c1-5-16-14-12(15)10(2)17-13(18-14)11-9-19(3)7-6-8-20(11)4/h11H,5-9H2,1-4H3,(H,16,17,18). The minimum Gasteiger partial charge on any atom is -0.369 e. The lowest BCUT2D eigenvalue weighted by Crippen LogP contribution is -2.32. The maximum Gasteiger partial charge on any atom is 0.149 e. The third-order valence-corrected chi connectivity index (χ3v) is 5.04. The van der Waals surface area contributed by atoms with E-state index in [1.807, 2.05) is 0 Å². The first kappa shape index (κ1) is 15.9. The van der Waals surface area contributed by atoms with Gasteiger partial charge in [0.1, 0.15) is 11.6 Å². The Morgan fingerprint density at radius 1 is 1.30 bits per heavy atom. The van der Waals surface area contributed by atoms with Crippen LogP contribution in [0.25, 0.3) is 0 Å². The highest BCUT2D eigenvalue weighted by molar-refractivity contribution is 14.1. The van der Waals surface area contributed by atoms with E-state index in [4.69, 9.17) is 9.97 Å². The van der Waals surface area contributed by atoms with Gasteiger partial charge in [-0.25, -0.2) is 9.97 Å². The van der Waals surface area contributed by atoms with Crippen molar-refractivity contribution in [2.24, 2.45) is 0 Å². The van der Waals surface area contributed by atoms with Crippen LogP contribution in [0, 0.1) is 10.5 Å². The summed E-state index contributed by atoms with van der Waals surface area (Å²) in [6.07, 6.45) is 1.20. The molecule has 1 saturated heterocycles. The second-order valence-corrected chi connectivity index (χ2v) is 6.55. The number of nitrogens with zero attached hydrogens (tertiary/aromatic N) is 4. The quantitative estimate of drug-likeness (QED) is 0.803. The van der Waals surface area contributed by atoms with Crippen LogP contribution in [-0.2, 0) is 0 Å². The van der Waals surface area contributed by atoms with Gasteiger partial charge in [-0.3, -0.25) is 4.90 Å². The van der Waals surface area contributed by atoms with E-state index in [1.54, 1.807) is 0 Å². The van der Waals surface area contributed by atoms with Crippen LogP contribution in [0.15, 0.2) is 0 Å². The first-order chi connectivity index (χ1) is 9.52. The van der Waals surface area contributed by atoms with Gasteiger partial charge in [0.25, 0.3) is 0 Å². The van der Waals surface area contributed by atoms with Gasteiger partial charge in [-0.15, -0.1) is 0 Å². The van der Waals surface area contributed by atoms with Crippen LogP contribution in [0.5, 0.6) is 0 Å². The number of aryl methyl sites for hydroxylation is 1. The molecule has 5 nitrogen and oxygen atoms in total. The minimum absolute atomic E-state index is 0.274. The second-order valence-electron chi connectivity index (χ2n) is 5.47. The number of rotatable bonds is 3. The van der Waals surface area contributed by atoms with E-state index in [-0.39, 0.29) is 6.04 Å². The summed E-state index contributed by atoms with van der Waals surface area (Å²) < 4.78 is 1.12. The molecular formula is C14H24IN5. The van der Waals surface area contributed by atoms with E-state index in [0.717, 1.165) is 47.1 Å². The molecule has 2 rings (SSSR count). The number of hydrogen-bond donors (Lipinski definition) is 1. The molecule has 1 aromatic rings. The van der Waals surface area contributed by atoms with Crippen LogP contribution in [0.2, 0.25) is 0 Å². The molecule has 1 aliphatic rings. The predicted octanol–water partition coefficient (Wildman–Crippen LogP) is 2.13. The lowest BCUT2D eigenvalue weighted by Gasteiger charge is -2.26. The average molecular weight is 389 g/mol. The number of halogens is 1. The second kappa shape index (κ2) is 7.00. The smallest absolute Gasteiger partial charge is 0.149 e. The molecule has 1 N–H and O–H groups in total. The number of likely N-dealkylation sites (N-methyl/N-ethyl adjacent to an activating group) is 2. The Labute approximate surface area is 135 Å². The molecule has 0 radical (unpaired) electrons. The van der Waals surface area contributed by atoms with Crippen molar-refractivity contribution in [3.63, 3.8) is 0 Å². The SMILES string of the molecule is CCNc1nc(C2CN(C)CCCN2C)nc(C)c1I. The van der Waals surface area contributed by atoms with Crippen molar-refractivity contribution < 1.29 is 0 Å². The Balaban J connectivity index is 2.34. The van der Waals surface area contributed by atoms with Gasteiger partial charge >= 0.3 is 0 Å². The largest absolute Gasteiger partial charge is 0.369 e. The monoisotopic (exact) mass is 389 g/mol. The highest BCUT2D eigenvalue weighted by Crippen LogP contribution is 2.25. The van der Waals surface area contributed by atoms with Crippen molar-refractivity contribution in [2.45, 2.75) is 26.3 Å². The molecule has 0 aliphatic carbocycles. The molecule has 1 fully saturated rings. The van der Waals surface area contributed by atoms with Gasteiger partial charge in [0.2, 0.25) is 0 Å². The van der Waals surface area contributed by atoms with Crippen molar-refractivity contribution >= 4 is 28.4 Å². The third-order valence-electron chi connectivity index (χ3n) is 3.74. The fraction of sp³-hybridized carbons (Fsp3) is 0.714. The van der Waals surface area contributed by atoms with E-state index in [2.05, 4.69) is 65.7 Å². The summed E-state index contributed by atoms with van der Waals surface area (Å²) in [5.74, 6) is 1.91. The lowest BCUT2D eigenvalue weighted by molar-refractivity contribution is 0.219. The van der Waals surface area contributed by atoms with Gasteiger partial charge in [0.05, 0.1) is 15.3 Å². The van der Waals surface area contributed by atoms with Gasteiger partial charge in [0.15, 0.2) is 0 Å². The van der Waals surface area contributed by atoms with Gasteiger partial charge in [-0.05, 0) is 70.0 Å². The topological polar surface area (TPSA) is 44.3 Å². The number of aromatic nitrogens is 2. The van der Waals surface area contributed by atoms with E-state index in [0.29, 0.717) is 0 Å². The molecule has 2 heterocycles. The Kier molecular flexibility index (Phi) is 5.57. The minimum atomic E-state index is 0.274. The van der Waals surface area contributed by atoms with Crippen LogP contribution in [0.3, 0.4) is 0 Å². The summed E-state index contributed by atoms with van der Waals surface area (Å²) in [6, 6.07) is 0.274. The fourth-order valence-electron chi connectivity index (χ4n) is 2.57. The summed E-state index contributed by atoms with van der Waals surface area (Å²) in [7, 11) is 4.35. The summed E-state index contributed by atoms with van der Waals surface area (Å²) >= 11 is 2.32. The van der Waals surface area contributed by atoms with Gasteiger partial charge in [-0.1, -0.05) is 0 Å². The van der Waals surface area contributed by atoms with Crippen molar-refractivity contribution in [3.8, 4) is 0 Å². The molecule has 1 unspecified atom stereocenters. The molecular weight excluding hydrogens is 365 g/mol. The maximum atomic E-state index is 4.78. The van der Waals surface area contributed by atoms with Crippen molar-refractivity contribution in [2.75, 3.05) is 45.6 Å². The van der Waals surface area contributed by atoms with E-state index in [9.17, 15) is 0 Å². The third kappa shape index (κ3) is 3.59. The van der Waals surface area contributed by atoms with E-state index >= 15 is 0 Å². The predicted molar refractivity (Wildman–Crippen MR) is 91.1 cm³/mol. The zero-order chi connectivity index (χ0) is 14.7. The molecule has 0 spiro atoms. The molecule has 0 aromatic carbocycles. The Hall–Kier alpha value is -0.470. The summed E-state index contributed by atoms with van der Waals surface area (Å²) in [4.78, 5) is 14.3. The molecule has 1 aromatic heterocycles. The number of nitrogens with one attached hydrogen (secondary N) is 1. The molecule has 0 amide bonds. The Bertz CT molecular complexity index is 465. The van der Waals surface area contributed by atoms with Gasteiger partial charge in [-0.2, -0.15) is 0 Å². The Morgan fingerprint density at radius 2 is 2.05 bits per heavy atom. The van der Waals surface area contributed by atoms with Gasteiger partial charge in [0, 0.05) is 13.1 Å². The maximum absolute atomic E-state index is 4.78. The summed E-state index contributed by atoms with van der Waals surface area (Å²) in [5.41, 5.74) is 1.06. The summed E-state index contributed by atoms with van der Waals surface area (Å²) in [6.45, 7) is 8.27. The fourth-order valence-corrected chi connectivity index (χ4v) is 3.00. The zero-order valence-corrected chi connectivity index (χ0v) is 14.9. The van der Waals surface area contributed by atoms with Crippen LogP contribution >= 0.6 is 22.6 Å². The van der Waals surface area contributed by atoms with Crippen LogP contribution in [-0.4, -0.2) is 60.0 Å². The molecule has 1 aliphatic heterocycles. The molecule has 0 saturated carbocycles. The lowest BCUT2D eigenvalue weighted by atomic mass is 10.2. The van der Waals surface area contributed by atoms with Crippen LogP contribution in [0.4, 0.5) is 5.82 Å². The molecule has 112 valence electrons. The average Bonchev–Trinajstić information content (AvgIpc) is 2.57.